The molecule has 3 aromatic rings. The molecule has 0 unspecified atom stereocenters. The molecular weight excluding hydrogens is 359 g/mol. The number of carbonyl (C=O) groups excluding carboxylic acids is 1. The van der Waals surface area contributed by atoms with Crippen LogP contribution in [0.4, 0.5) is 0 Å². The summed E-state index contributed by atoms with van der Waals surface area (Å²) in [6.45, 7) is 0. The fourth-order valence-corrected chi connectivity index (χ4v) is 2.81. The molecule has 0 aliphatic carbocycles. The van der Waals surface area contributed by atoms with Crippen molar-refractivity contribution < 1.29 is 61.3 Å². The van der Waals surface area contributed by atoms with Crippen LogP contribution in [0.1, 0.15) is 11.1 Å². The Morgan fingerprint density at radius 1 is 0.680 bits per heavy atom. The van der Waals surface area contributed by atoms with E-state index in [-0.39, 0.29) is 56.4 Å². The van der Waals surface area contributed by atoms with Crippen molar-refractivity contribution in [3.63, 3.8) is 0 Å². The molecule has 0 saturated heterocycles. The largest absolute Gasteiger partial charge is 1.00 e. The van der Waals surface area contributed by atoms with Crippen LogP contribution < -0.4 is 56.5 Å². The molecule has 0 aliphatic heterocycles. The third-order valence-corrected chi connectivity index (χ3v) is 4.09. The van der Waals surface area contributed by atoms with Crippen LogP contribution in [0.25, 0.3) is 16.7 Å². The summed E-state index contributed by atoms with van der Waals surface area (Å²) in [4.78, 5) is 11.3. The van der Waals surface area contributed by atoms with Crippen molar-refractivity contribution in [2.45, 2.75) is 0 Å². The van der Waals surface area contributed by atoms with E-state index >= 15 is 0 Å². The van der Waals surface area contributed by atoms with Crippen LogP contribution in [0.3, 0.4) is 0 Å². The maximum absolute atomic E-state index is 11.3. The van der Waals surface area contributed by atoms with E-state index in [2.05, 4.69) is 0 Å². The quantitative estimate of drug-likeness (QED) is 0.508. The number of rotatable bonds is 4. The molecule has 0 aliphatic rings. The molecule has 0 spiro atoms. The Kier molecular flexibility index (Phi) is 7.63. The van der Waals surface area contributed by atoms with Gasteiger partial charge in [0.15, 0.2) is 0 Å². The molecule has 0 bridgehead atoms. The first-order valence-electron chi connectivity index (χ1n) is 7.49. The van der Waals surface area contributed by atoms with Crippen molar-refractivity contribution in [1.82, 2.24) is 0 Å². The minimum atomic E-state index is -1.39. The van der Waals surface area contributed by atoms with E-state index in [1.54, 1.807) is 0 Å². The number of benzene rings is 3. The first kappa shape index (κ1) is 20.1. The molecule has 0 heterocycles. The number of hydrogen-bond donors (Lipinski definition) is 0. The van der Waals surface area contributed by atoms with E-state index in [1.165, 1.54) is 0 Å². The van der Waals surface area contributed by atoms with Crippen LogP contribution in [0.15, 0.2) is 90.0 Å². The average molecular weight is 373 g/mol. The van der Waals surface area contributed by atoms with Crippen molar-refractivity contribution >= 4 is 23.1 Å². The Balaban J connectivity index is 0.00000225. The summed E-state index contributed by atoms with van der Waals surface area (Å²) in [5.74, 6) is -1.39. The third-order valence-electron chi connectivity index (χ3n) is 3.74. The Labute approximate surface area is 194 Å². The smallest absolute Gasteiger partial charge is 0.544 e. The molecule has 2 nitrogen and oxygen atoms in total. The standard InChI is InChI=1S/C21H15ClO2.K/c22-20(21(23)24)19(17-9-5-2-6-10-17)18-13-11-16(12-14-18)15-7-3-1-4-8-15;/h1-14H,(H,23,24);/q;+1/p-1/b20-19-;. The molecule has 0 aromatic heterocycles. The second-order valence-electron chi connectivity index (χ2n) is 5.29. The van der Waals surface area contributed by atoms with Crippen molar-refractivity contribution in [2.75, 3.05) is 0 Å². The van der Waals surface area contributed by atoms with Crippen LogP contribution in [0.2, 0.25) is 0 Å². The van der Waals surface area contributed by atoms with Crippen molar-refractivity contribution in [3.05, 3.63) is 101 Å². The predicted molar refractivity (Wildman–Crippen MR) is 95.2 cm³/mol. The molecule has 118 valence electrons. The van der Waals surface area contributed by atoms with Gasteiger partial charge in [0.25, 0.3) is 0 Å². The Morgan fingerprint density at radius 3 is 1.64 bits per heavy atom. The molecule has 0 N–H and O–H groups in total. The van der Waals surface area contributed by atoms with Gasteiger partial charge in [-0.1, -0.05) is 96.5 Å². The van der Waals surface area contributed by atoms with Gasteiger partial charge in [0.1, 0.15) is 0 Å². The number of carboxylic acid groups (broad SMARTS) is 1. The number of aliphatic carboxylic acids is 1. The predicted octanol–water partition coefficient (Wildman–Crippen LogP) is 1.11. The zero-order valence-corrected chi connectivity index (χ0v) is 17.7. The summed E-state index contributed by atoms with van der Waals surface area (Å²) in [7, 11) is 0. The zero-order valence-electron chi connectivity index (χ0n) is 13.8. The fourth-order valence-electron chi connectivity index (χ4n) is 2.59. The number of carbonyl (C=O) groups is 1. The third kappa shape index (κ3) is 4.91. The summed E-state index contributed by atoms with van der Waals surface area (Å²) >= 11 is 6.03. The molecule has 0 atom stereocenters. The van der Waals surface area contributed by atoms with Gasteiger partial charge in [-0.15, -0.1) is 0 Å². The second-order valence-corrected chi connectivity index (χ2v) is 5.66. The van der Waals surface area contributed by atoms with Crippen molar-refractivity contribution in [3.8, 4) is 11.1 Å². The zero-order chi connectivity index (χ0) is 16.9. The van der Waals surface area contributed by atoms with Gasteiger partial charge in [0.05, 0.1) is 11.0 Å². The fraction of sp³-hybridized carbons (Fsp3) is 0. The first-order valence-corrected chi connectivity index (χ1v) is 7.87. The van der Waals surface area contributed by atoms with E-state index in [0.717, 1.165) is 22.3 Å². The number of carboxylic acids is 1. The van der Waals surface area contributed by atoms with E-state index in [1.807, 2.05) is 84.9 Å². The van der Waals surface area contributed by atoms with Gasteiger partial charge >= 0.3 is 51.4 Å². The van der Waals surface area contributed by atoms with Crippen LogP contribution in [0.5, 0.6) is 0 Å². The van der Waals surface area contributed by atoms with Gasteiger partial charge in [-0.3, -0.25) is 0 Å². The summed E-state index contributed by atoms with van der Waals surface area (Å²) in [5.41, 5.74) is 4.07. The molecule has 25 heavy (non-hydrogen) atoms. The molecule has 3 aromatic carbocycles. The second kappa shape index (κ2) is 9.48. The van der Waals surface area contributed by atoms with Gasteiger partial charge < -0.3 is 9.90 Å². The topological polar surface area (TPSA) is 40.1 Å². The van der Waals surface area contributed by atoms with Crippen molar-refractivity contribution in [1.29, 1.82) is 0 Å². The summed E-state index contributed by atoms with van der Waals surface area (Å²) in [6.07, 6.45) is 0. The van der Waals surface area contributed by atoms with E-state index in [0.29, 0.717) is 5.57 Å². The maximum Gasteiger partial charge on any atom is 1.00 e. The van der Waals surface area contributed by atoms with Crippen molar-refractivity contribution in [2.24, 2.45) is 0 Å². The summed E-state index contributed by atoms with van der Waals surface area (Å²) in [5, 5.41) is 11.0. The Morgan fingerprint density at radius 2 is 1.12 bits per heavy atom. The molecule has 0 amide bonds. The van der Waals surface area contributed by atoms with Gasteiger partial charge in [-0.25, -0.2) is 0 Å². The Hall–Kier alpha value is -1.20. The average Bonchev–Trinajstić information content (AvgIpc) is 2.64. The SMILES string of the molecule is O=C([O-])/C(Cl)=C(\c1ccccc1)c1ccc(-c2ccccc2)cc1.[K+]. The minimum Gasteiger partial charge on any atom is -0.544 e. The molecule has 3 rings (SSSR count). The van der Waals surface area contributed by atoms with Crippen LogP contribution in [-0.2, 0) is 4.79 Å². The van der Waals surface area contributed by atoms with Gasteiger partial charge in [0.2, 0.25) is 0 Å². The molecule has 0 fully saturated rings. The normalized spacial score (nSPS) is 11.2. The number of halogens is 1. The van der Waals surface area contributed by atoms with Gasteiger partial charge in [0, 0.05) is 5.57 Å². The summed E-state index contributed by atoms with van der Waals surface area (Å²) in [6, 6.07) is 26.8. The first-order chi connectivity index (χ1) is 11.7. The van der Waals surface area contributed by atoms with E-state index in [4.69, 9.17) is 11.6 Å². The van der Waals surface area contributed by atoms with Crippen LogP contribution in [-0.4, -0.2) is 5.97 Å². The monoisotopic (exact) mass is 372 g/mol. The number of hydrogen-bond acceptors (Lipinski definition) is 2. The molecular formula is C21H14ClKO2. The van der Waals surface area contributed by atoms with E-state index < -0.39 is 5.97 Å². The minimum absolute atomic E-state index is 0. The molecule has 4 heteroatoms. The van der Waals surface area contributed by atoms with Gasteiger partial charge in [-0.05, 0) is 22.3 Å². The van der Waals surface area contributed by atoms with Gasteiger partial charge in [-0.2, -0.15) is 0 Å². The molecule has 0 saturated carbocycles. The molecule has 0 radical (unpaired) electrons. The summed E-state index contributed by atoms with van der Waals surface area (Å²) < 4.78 is 0. The van der Waals surface area contributed by atoms with E-state index in [9.17, 15) is 9.90 Å². The van der Waals surface area contributed by atoms with Crippen LogP contribution >= 0.6 is 11.6 Å². The Bertz CT molecular complexity index is 873. The maximum atomic E-state index is 11.3. The van der Waals surface area contributed by atoms with Crippen LogP contribution in [0, 0.1) is 0 Å².